The van der Waals surface area contributed by atoms with Gasteiger partial charge in [0.25, 0.3) is 0 Å². The van der Waals surface area contributed by atoms with Gasteiger partial charge in [0.05, 0.1) is 18.4 Å². The molecule has 0 saturated heterocycles. The minimum Gasteiger partial charge on any atom is -0.393 e. The summed E-state index contributed by atoms with van der Waals surface area (Å²) in [4.78, 5) is 13.2. The van der Waals surface area contributed by atoms with Crippen LogP contribution in [0.25, 0.3) is 0 Å². The predicted molar refractivity (Wildman–Crippen MR) is 108 cm³/mol. The predicted octanol–water partition coefficient (Wildman–Crippen LogP) is 2.84. The molecular formula is C23H35N3O3. The van der Waals surface area contributed by atoms with Crippen LogP contribution in [0.1, 0.15) is 65.2 Å². The first-order valence-corrected chi connectivity index (χ1v) is 11.6. The molecule has 1 aromatic rings. The van der Waals surface area contributed by atoms with Gasteiger partial charge < -0.3 is 10.2 Å². The van der Waals surface area contributed by atoms with Gasteiger partial charge in [0.15, 0.2) is 5.78 Å². The number of Topliss-reactive ketones (excluding diaryl/α,β-unsaturated/α-hetero) is 1. The fourth-order valence-corrected chi connectivity index (χ4v) is 8.48. The van der Waals surface area contributed by atoms with Gasteiger partial charge in [-0.1, -0.05) is 19.1 Å². The molecule has 9 atom stereocenters. The molecule has 0 unspecified atom stereocenters. The highest BCUT2D eigenvalue weighted by atomic mass is 16.3. The Hall–Kier alpha value is -1.27. The van der Waals surface area contributed by atoms with Gasteiger partial charge in [0.1, 0.15) is 6.54 Å². The van der Waals surface area contributed by atoms with E-state index in [0.29, 0.717) is 23.7 Å². The quantitative estimate of drug-likeness (QED) is 0.813. The number of ketones is 1. The van der Waals surface area contributed by atoms with E-state index in [9.17, 15) is 15.0 Å². The van der Waals surface area contributed by atoms with Crippen LogP contribution in [-0.2, 0) is 11.3 Å². The summed E-state index contributed by atoms with van der Waals surface area (Å²) in [6, 6.07) is 0. The summed E-state index contributed by atoms with van der Waals surface area (Å²) < 4.78 is 1.63. The molecule has 4 fully saturated rings. The van der Waals surface area contributed by atoms with Crippen LogP contribution >= 0.6 is 0 Å². The lowest BCUT2D eigenvalue weighted by atomic mass is 9.44. The first kappa shape index (κ1) is 19.7. The van der Waals surface area contributed by atoms with E-state index in [1.54, 1.807) is 17.1 Å². The molecule has 0 amide bonds. The average molecular weight is 402 g/mol. The first-order chi connectivity index (χ1) is 13.8. The smallest absolute Gasteiger partial charge is 0.157 e. The molecule has 6 heteroatoms. The van der Waals surface area contributed by atoms with E-state index >= 15 is 0 Å². The van der Waals surface area contributed by atoms with E-state index in [1.165, 1.54) is 0 Å². The summed E-state index contributed by atoms with van der Waals surface area (Å²) in [5.74, 6) is 2.11. The minimum absolute atomic E-state index is 0.00556. The largest absolute Gasteiger partial charge is 0.393 e. The van der Waals surface area contributed by atoms with E-state index in [1.807, 2.05) is 0 Å². The fraction of sp³-hybridized carbons (Fsp3) is 0.870. The minimum atomic E-state index is -0.343. The molecule has 0 aromatic carbocycles. The molecule has 0 radical (unpaired) electrons. The molecular weight excluding hydrogens is 366 g/mol. The van der Waals surface area contributed by atoms with E-state index in [0.717, 1.165) is 51.4 Å². The first-order valence-electron chi connectivity index (χ1n) is 11.6. The van der Waals surface area contributed by atoms with Crippen molar-refractivity contribution in [3.05, 3.63) is 12.4 Å². The number of hydrogen-bond donors (Lipinski definition) is 2. The van der Waals surface area contributed by atoms with E-state index in [-0.39, 0.29) is 41.3 Å². The lowest BCUT2D eigenvalue weighted by Gasteiger charge is -2.62. The fourth-order valence-electron chi connectivity index (χ4n) is 8.48. The van der Waals surface area contributed by atoms with E-state index in [2.05, 4.69) is 24.2 Å². The molecule has 4 saturated carbocycles. The Kier molecular flexibility index (Phi) is 4.67. The maximum atomic E-state index is 13.2. The highest BCUT2D eigenvalue weighted by Gasteiger charge is 2.63. The van der Waals surface area contributed by atoms with Crippen molar-refractivity contribution < 1.29 is 15.0 Å². The molecule has 4 aliphatic carbocycles. The highest BCUT2D eigenvalue weighted by molar-refractivity contribution is 5.82. The topological polar surface area (TPSA) is 88.2 Å². The summed E-state index contributed by atoms with van der Waals surface area (Å²) >= 11 is 0. The zero-order valence-corrected chi connectivity index (χ0v) is 17.7. The van der Waals surface area contributed by atoms with Gasteiger partial charge in [-0.15, -0.1) is 5.10 Å². The van der Waals surface area contributed by atoms with Gasteiger partial charge >= 0.3 is 0 Å². The second-order valence-electron chi connectivity index (χ2n) is 11.0. The van der Waals surface area contributed by atoms with Gasteiger partial charge in [-0.05, 0) is 85.9 Å². The molecule has 1 aromatic heterocycles. The van der Waals surface area contributed by atoms with Gasteiger partial charge in [0, 0.05) is 12.1 Å². The summed E-state index contributed by atoms with van der Waals surface area (Å²) in [6.45, 7) is 4.94. The van der Waals surface area contributed by atoms with Crippen molar-refractivity contribution in [2.24, 2.45) is 40.4 Å². The number of aromatic nitrogens is 3. The van der Waals surface area contributed by atoms with Crippen molar-refractivity contribution in [1.82, 2.24) is 15.0 Å². The zero-order valence-electron chi connectivity index (χ0n) is 17.7. The molecule has 160 valence electrons. The molecule has 0 aliphatic heterocycles. The van der Waals surface area contributed by atoms with E-state index < -0.39 is 0 Å². The van der Waals surface area contributed by atoms with Crippen molar-refractivity contribution in [1.29, 1.82) is 0 Å². The van der Waals surface area contributed by atoms with Crippen LogP contribution in [0.2, 0.25) is 0 Å². The lowest BCUT2D eigenvalue weighted by molar-refractivity contribution is -0.178. The summed E-state index contributed by atoms with van der Waals surface area (Å²) in [5, 5.41) is 29.4. The van der Waals surface area contributed by atoms with Crippen LogP contribution in [-0.4, -0.2) is 43.2 Å². The molecule has 5 rings (SSSR count). The maximum absolute atomic E-state index is 13.2. The van der Waals surface area contributed by atoms with Crippen LogP contribution in [0.5, 0.6) is 0 Å². The molecule has 29 heavy (non-hydrogen) atoms. The Morgan fingerprint density at radius 3 is 2.72 bits per heavy atom. The Bertz CT molecular complexity index is 767. The second-order valence-corrected chi connectivity index (χ2v) is 11.0. The number of carbonyl (C=O) groups excluding carboxylic acids is 1. The van der Waals surface area contributed by atoms with Crippen molar-refractivity contribution in [2.45, 2.75) is 84.0 Å². The Balaban J connectivity index is 1.40. The Morgan fingerprint density at radius 1 is 1.14 bits per heavy atom. The number of hydrogen-bond acceptors (Lipinski definition) is 5. The third-order valence-corrected chi connectivity index (χ3v) is 9.74. The molecule has 6 nitrogen and oxygen atoms in total. The molecule has 1 heterocycles. The normalized spacial score (nSPS) is 49.2. The van der Waals surface area contributed by atoms with Gasteiger partial charge in [0.2, 0.25) is 0 Å². The Morgan fingerprint density at radius 2 is 1.97 bits per heavy atom. The third kappa shape index (κ3) is 2.93. The highest BCUT2D eigenvalue weighted by Crippen LogP contribution is 2.67. The third-order valence-electron chi connectivity index (χ3n) is 9.74. The monoisotopic (exact) mass is 401 g/mol. The molecule has 2 N–H and O–H groups in total. The second kappa shape index (κ2) is 6.88. The van der Waals surface area contributed by atoms with Crippen LogP contribution in [0, 0.1) is 40.4 Å². The number of aliphatic hydroxyl groups excluding tert-OH is 2. The number of nitrogens with zero attached hydrogens (tertiary/aromatic N) is 3. The number of carbonyl (C=O) groups is 1. The average Bonchev–Trinajstić information content (AvgIpc) is 3.28. The van der Waals surface area contributed by atoms with Gasteiger partial charge in [-0.25, -0.2) is 4.68 Å². The summed E-state index contributed by atoms with van der Waals surface area (Å²) in [7, 11) is 0. The number of aliphatic hydroxyl groups is 2. The molecule has 0 spiro atoms. The van der Waals surface area contributed by atoms with Crippen molar-refractivity contribution >= 4 is 5.78 Å². The maximum Gasteiger partial charge on any atom is 0.157 e. The zero-order chi connectivity index (χ0) is 20.4. The number of fused-ring (bicyclic) bond motifs is 5. The van der Waals surface area contributed by atoms with Crippen molar-refractivity contribution in [2.75, 3.05) is 0 Å². The summed E-state index contributed by atoms with van der Waals surface area (Å²) in [6.07, 6.45) is 10.7. The van der Waals surface area contributed by atoms with Crippen LogP contribution < -0.4 is 0 Å². The lowest BCUT2D eigenvalue weighted by Crippen LogP contribution is -2.59. The van der Waals surface area contributed by atoms with Crippen LogP contribution in [0.4, 0.5) is 0 Å². The standard InChI is InChI=1S/C23H35N3O3/c1-22-8-7-15(27)11-14(22)3-4-16-17-5-6-18(20(29)13-26-10-9-24-25-26)23(17,2)12-19(28)21(16)22/h9-10,14-19,21,27-28H,3-8,11-13H2,1-2H3/t14-,15+,16-,17-,18+,19-,21+,22-,23-/m0/s1. The SMILES string of the molecule is C[C@]12CC[C@@H](O)C[C@@H]1CC[C@@H]1[C@@H]2[C@@H](O)C[C@]2(C)[C@@H](C(=O)Cn3ccnn3)CC[C@@H]12. The van der Waals surface area contributed by atoms with Crippen molar-refractivity contribution in [3.8, 4) is 0 Å². The Labute approximate surface area is 173 Å². The summed E-state index contributed by atoms with van der Waals surface area (Å²) in [5.41, 5.74) is 0.0152. The molecule has 4 aliphatic rings. The molecule has 0 bridgehead atoms. The van der Waals surface area contributed by atoms with Crippen LogP contribution in [0.15, 0.2) is 12.4 Å². The van der Waals surface area contributed by atoms with Crippen molar-refractivity contribution in [3.63, 3.8) is 0 Å². The number of rotatable bonds is 3. The van der Waals surface area contributed by atoms with Gasteiger partial charge in [-0.2, -0.15) is 0 Å². The van der Waals surface area contributed by atoms with Crippen LogP contribution in [0.3, 0.4) is 0 Å². The van der Waals surface area contributed by atoms with E-state index in [4.69, 9.17) is 0 Å². The van der Waals surface area contributed by atoms with Gasteiger partial charge in [-0.3, -0.25) is 4.79 Å².